The molecule has 1 fully saturated rings. The Kier molecular flexibility index (Phi) is 9.90. The molecule has 4 aromatic carbocycles. The number of aromatic amines is 1. The van der Waals surface area contributed by atoms with Gasteiger partial charge in [0.2, 0.25) is 5.91 Å². The van der Waals surface area contributed by atoms with Gasteiger partial charge >= 0.3 is 0 Å². The molecule has 1 unspecified atom stereocenters. The van der Waals surface area contributed by atoms with Crippen molar-refractivity contribution in [1.82, 2.24) is 20.0 Å². The Labute approximate surface area is 327 Å². The first-order chi connectivity index (χ1) is 27.0. The van der Waals surface area contributed by atoms with Crippen LogP contribution in [0, 0.1) is 5.92 Å². The van der Waals surface area contributed by atoms with Crippen molar-refractivity contribution in [3.05, 3.63) is 132 Å². The maximum absolute atomic E-state index is 14.7. The van der Waals surface area contributed by atoms with Crippen LogP contribution in [-0.2, 0) is 32.9 Å². The lowest BCUT2D eigenvalue weighted by atomic mass is 9.82. The molecule has 288 valence electrons. The Balaban J connectivity index is 1.11. The van der Waals surface area contributed by atoms with E-state index >= 15 is 0 Å². The molecule has 56 heavy (non-hydrogen) atoms. The Morgan fingerprint density at radius 2 is 1.80 bits per heavy atom. The molecule has 2 aromatic heterocycles. The molecule has 5 atom stereocenters. The first-order valence-electron chi connectivity index (χ1n) is 19.2. The third-order valence-corrected chi connectivity index (χ3v) is 16.6. The summed E-state index contributed by atoms with van der Waals surface area (Å²) in [6.45, 7) is 7.30. The number of aryl methyl sites for hydroxylation is 1. The van der Waals surface area contributed by atoms with Crippen molar-refractivity contribution in [1.29, 1.82) is 0 Å². The van der Waals surface area contributed by atoms with Crippen molar-refractivity contribution < 1.29 is 24.2 Å². The Hall–Kier alpha value is -5.56. The van der Waals surface area contributed by atoms with Crippen molar-refractivity contribution >= 4 is 47.4 Å². The predicted molar refractivity (Wildman–Crippen MR) is 220 cm³/mol. The molecule has 1 spiro atoms. The van der Waals surface area contributed by atoms with Gasteiger partial charge in [-0.15, -0.1) is 5.10 Å². The van der Waals surface area contributed by atoms with Gasteiger partial charge in [0, 0.05) is 54.1 Å². The fourth-order valence-electron chi connectivity index (χ4n) is 9.32. The third kappa shape index (κ3) is 6.41. The summed E-state index contributed by atoms with van der Waals surface area (Å²) in [5.74, 6) is 0.0550. The second-order valence-electron chi connectivity index (χ2n) is 15.7. The van der Waals surface area contributed by atoms with Crippen LogP contribution in [0.25, 0.3) is 10.9 Å². The van der Waals surface area contributed by atoms with Gasteiger partial charge in [0.15, 0.2) is 5.60 Å². The topological polar surface area (TPSA) is 135 Å². The first-order valence-corrected chi connectivity index (χ1v) is 22.3. The van der Waals surface area contributed by atoms with Gasteiger partial charge in [-0.2, -0.15) is 0 Å². The molecule has 4 heterocycles. The molecule has 0 bridgehead atoms. The number of carbonyl (C=O) groups excluding carboxylic acids is 2. The Bertz CT molecular complexity index is 2380. The van der Waals surface area contributed by atoms with Crippen LogP contribution in [0.2, 0.25) is 18.6 Å². The molecule has 0 saturated carbocycles. The molecule has 0 aliphatic carbocycles. The maximum atomic E-state index is 14.7. The summed E-state index contributed by atoms with van der Waals surface area (Å²) < 4.78 is 14.6. The third-order valence-electron chi connectivity index (χ3n) is 12.2. The second kappa shape index (κ2) is 14.8. The van der Waals surface area contributed by atoms with E-state index in [0.29, 0.717) is 24.3 Å². The molecule has 11 nitrogen and oxygen atoms in total. The normalized spacial score (nSPS) is 21.1. The van der Waals surface area contributed by atoms with Gasteiger partial charge in [0.05, 0.1) is 51.6 Å². The van der Waals surface area contributed by atoms with Crippen LogP contribution >= 0.6 is 0 Å². The molecular formula is C44H48N6O5Si. The number of fused-ring (bicyclic) bond motifs is 3. The molecule has 2 amide bonds. The predicted octanol–water partition coefficient (Wildman–Crippen LogP) is 6.36. The van der Waals surface area contributed by atoms with Crippen LogP contribution in [0.5, 0.6) is 5.75 Å². The van der Waals surface area contributed by atoms with Gasteiger partial charge in [-0.25, -0.2) is 0 Å². The highest BCUT2D eigenvalue weighted by molar-refractivity contribution is 6.91. The molecule has 2 aliphatic rings. The summed E-state index contributed by atoms with van der Waals surface area (Å²) in [4.78, 5) is 33.1. The quantitative estimate of drug-likeness (QED) is 0.124. The number of anilines is 2. The highest BCUT2D eigenvalue weighted by atomic mass is 28.3. The summed E-state index contributed by atoms with van der Waals surface area (Å²) in [5, 5.41) is 24.6. The molecule has 1 saturated heterocycles. The van der Waals surface area contributed by atoms with Crippen LogP contribution in [0.15, 0.2) is 109 Å². The number of aromatic nitrogens is 4. The highest BCUT2D eigenvalue weighted by Gasteiger charge is 2.65. The molecule has 2 aliphatic heterocycles. The number of hydrogen-bond donors (Lipinski definition) is 3. The molecule has 0 radical (unpaired) electrons. The van der Waals surface area contributed by atoms with Gasteiger partial charge in [0.25, 0.3) is 5.91 Å². The van der Waals surface area contributed by atoms with E-state index in [0.717, 1.165) is 39.0 Å². The lowest BCUT2D eigenvalue weighted by molar-refractivity contribution is -0.145. The number of benzene rings is 4. The zero-order chi connectivity index (χ0) is 39.2. The first kappa shape index (κ1) is 37.4. The summed E-state index contributed by atoms with van der Waals surface area (Å²) in [6, 6.07) is 31.8. The van der Waals surface area contributed by atoms with E-state index in [1.807, 2.05) is 102 Å². The van der Waals surface area contributed by atoms with Crippen molar-refractivity contribution in [3.8, 4) is 5.75 Å². The van der Waals surface area contributed by atoms with E-state index in [-0.39, 0.29) is 48.3 Å². The summed E-state index contributed by atoms with van der Waals surface area (Å²) in [5.41, 5.74) is 4.50. The van der Waals surface area contributed by atoms with E-state index < -0.39 is 13.7 Å². The van der Waals surface area contributed by atoms with Crippen LogP contribution in [-0.4, -0.2) is 71.8 Å². The van der Waals surface area contributed by atoms with E-state index in [9.17, 15) is 14.7 Å². The SMILES string of the molecule is COc1ccc([Si](C)(C)[C@H]2[C@H](CCn3cc(C(CO)c4ccccc4)nn3)O[C@@]3(C(=O)N(C)c4ccc(NC(=O)Cc5c[nH]c6ccccc56)cc43)[C@@H]2C)cc1. The van der Waals surface area contributed by atoms with Crippen LogP contribution in [0.1, 0.15) is 41.6 Å². The number of ether oxygens (including phenoxy) is 2. The number of methoxy groups -OCH3 is 1. The van der Waals surface area contributed by atoms with Gasteiger partial charge in [-0.3, -0.25) is 14.3 Å². The molecular weight excluding hydrogens is 721 g/mol. The second-order valence-corrected chi connectivity index (χ2v) is 20.4. The van der Waals surface area contributed by atoms with Crippen molar-refractivity contribution in [2.45, 2.75) is 62.6 Å². The van der Waals surface area contributed by atoms with Crippen LogP contribution < -0.4 is 20.1 Å². The minimum absolute atomic E-state index is 0.0248. The molecule has 12 heteroatoms. The average molecular weight is 769 g/mol. The average Bonchev–Trinajstić information content (AvgIpc) is 3.97. The fourth-order valence-corrected chi connectivity index (χ4v) is 13.4. The summed E-state index contributed by atoms with van der Waals surface area (Å²) in [6.07, 6.45) is 4.28. The lowest BCUT2D eigenvalue weighted by Gasteiger charge is -2.37. The van der Waals surface area contributed by atoms with E-state index in [1.54, 1.807) is 19.1 Å². The number of rotatable bonds is 12. The van der Waals surface area contributed by atoms with Crippen LogP contribution in [0.4, 0.5) is 11.4 Å². The summed E-state index contributed by atoms with van der Waals surface area (Å²) >= 11 is 0. The van der Waals surface area contributed by atoms with Crippen molar-refractivity contribution in [3.63, 3.8) is 0 Å². The largest absolute Gasteiger partial charge is 0.497 e. The lowest BCUT2D eigenvalue weighted by Crippen LogP contribution is -2.51. The number of aliphatic hydroxyl groups excluding tert-OH is 1. The number of para-hydroxylation sites is 1. The van der Waals surface area contributed by atoms with Gasteiger partial charge < -0.3 is 29.8 Å². The zero-order valence-electron chi connectivity index (χ0n) is 32.4. The molecule has 6 aromatic rings. The minimum atomic E-state index is -2.38. The van der Waals surface area contributed by atoms with E-state index in [2.05, 4.69) is 52.8 Å². The number of likely N-dealkylation sites (N-methyl/N-ethyl adjacent to an activating group) is 1. The number of carbonyl (C=O) groups is 2. The highest BCUT2D eigenvalue weighted by Crippen LogP contribution is 2.60. The standard InChI is InChI=1S/C44H48N6O5Si/c1-28-42(56(4,5)33-18-16-32(54-3)17-19-33)40(21-22-50-26-38(47-48-50)35(27-51)29-11-7-6-8-12-29)55-44(28)36-24-31(15-20-39(36)49(2)43(44)53)46-41(52)23-30-25-45-37-14-10-9-13-34(30)37/h6-20,24-26,28,35,40,42,45,51H,21-23,27H2,1-5H3,(H,46,52)/t28-,35?,40+,42-,44+/m1/s1. The number of hydrogen-bond acceptors (Lipinski definition) is 7. The number of amides is 2. The number of aliphatic hydroxyl groups is 1. The fraction of sp³-hybridized carbons (Fsp3) is 0.318. The van der Waals surface area contributed by atoms with Gasteiger partial charge in [0.1, 0.15) is 5.75 Å². The van der Waals surface area contributed by atoms with Crippen molar-refractivity contribution in [2.24, 2.45) is 5.92 Å². The zero-order valence-corrected chi connectivity index (χ0v) is 33.4. The summed E-state index contributed by atoms with van der Waals surface area (Å²) in [7, 11) is 1.09. The maximum Gasteiger partial charge on any atom is 0.264 e. The number of H-pyrrole nitrogens is 1. The number of nitrogens with one attached hydrogen (secondary N) is 2. The van der Waals surface area contributed by atoms with Gasteiger partial charge in [-0.05, 0) is 59.5 Å². The van der Waals surface area contributed by atoms with Gasteiger partial charge in [-0.1, -0.05) is 91.1 Å². The van der Waals surface area contributed by atoms with Crippen molar-refractivity contribution in [2.75, 3.05) is 31.0 Å². The Morgan fingerprint density at radius 1 is 1.05 bits per heavy atom. The molecule has 8 rings (SSSR count). The van der Waals surface area contributed by atoms with E-state index in [4.69, 9.17) is 9.47 Å². The number of nitrogens with zero attached hydrogens (tertiary/aromatic N) is 4. The smallest absolute Gasteiger partial charge is 0.264 e. The minimum Gasteiger partial charge on any atom is -0.497 e. The van der Waals surface area contributed by atoms with E-state index in [1.165, 1.54) is 5.19 Å². The van der Waals surface area contributed by atoms with Crippen LogP contribution in [0.3, 0.4) is 0 Å². The molecule has 3 N–H and O–H groups in total. The Morgan fingerprint density at radius 3 is 2.55 bits per heavy atom. The monoisotopic (exact) mass is 768 g/mol.